The van der Waals surface area contributed by atoms with Gasteiger partial charge in [0.05, 0.1) is 24.0 Å². The number of anilines is 2. The predicted octanol–water partition coefficient (Wildman–Crippen LogP) is 0.401. The molecule has 0 bridgehead atoms. The molecule has 1 saturated heterocycles. The highest BCUT2D eigenvalue weighted by Crippen LogP contribution is 2.30. The van der Waals surface area contributed by atoms with Crippen LogP contribution in [0.1, 0.15) is 16.8 Å². The smallest absolute Gasteiger partial charge is 0.337 e. The van der Waals surface area contributed by atoms with Gasteiger partial charge in [-0.3, -0.25) is 4.79 Å². The van der Waals surface area contributed by atoms with E-state index in [4.69, 9.17) is 10.8 Å². The van der Waals surface area contributed by atoms with Gasteiger partial charge in [0.1, 0.15) is 0 Å². The van der Waals surface area contributed by atoms with Crippen molar-refractivity contribution in [2.45, 2.75) is 6.42 Å². The molecule has 0 aromatic heterocycles. The molecular weight excluding hydrogens is 248 g/mol. The van der Waals surface area contributed by atoms with Crippen LogP contribution in [0.15, 0.2) is 18.2 Å². The fourth-order valence-corrected chi connectivity index (χ4v) is 2.16. The Bertz CT molecular complexity index is 515. The van der Waals surface area contributed by atoms with Crippen LogP contribution in [0.3, 0.4) is 0 Å². The second-order valence-electron chi connectivity index (χ2n) is 4.52. The van der Waals surface area contributed by atoms with E-state index in [1.54, 1.807) is 18.2 Å². The van der Waals surface area contributed by atoms with Gasteiger partial charge in [-0.2, -0.15) is 0 Å². The summed E-state index contributed by atoms with van der Waals surface area (Å²) in [7, 11) is 1.29. The molecule has 1 unspecified atom stereocenters. The average molecular weight is 264 g/mol. The van der Waals surface area contributed by atoms with Crippen molar-refractivity contribution < 1.29 is 19.4 Å². The highest BCUT2D eigenvalue weighted by Gasteiger charge is 2.31. The fourth-order valence-electron chi connectivity index (χ4n) is 2.16. The van der Waals surface area contributed by atoms with E-state index in [0.717, 1.165) is 0 Å². The van der Waals surface area contributed by atoms with E-state index < -0.39 is 5.97 Å². The van der Waals surface area contributed by atoms with Crippen molar-refractivity contribution in [3.05, 3.63) is 23.8 Å². The molecule has 3 N–H and O–H groups in total. The maximum atomic E-state index is 11.9. The highest BCUT2D eigenvalue weighted by atomic mass is 16.5. The van der Waals surface area contributed by atoms with Gasteiger partial charge in [0.2, 0.25) is 5.91 Å². The third kappa shape index (κ3) is 2.53. The SMILES string of the molecule is COC(=O)c1ccc(N)c(N2CC(CO)CC2=O)c1. The van der Waals surface area contributed by atoms with Crippen LogP contribution in [0.2, 0.25) is 0 Å². The van der Waals surface area contributed by atoms with Crippen LogP contribution >= 0.6 is 0 Å². The molecule has 0 saturated carbocycles. The van der Waals surface area contributed by atoms with E-state index in [9.17, 15) is 9.59 Å². The maximum absolute atomic E-state index is 11.9. The molecule has 1 fully saturated rings. The number of esters is 1. The molecule has 1 aliphatic heterocycles. The first-order chi connectivity index (χ1) is 9.06. The van der Waals surface area contributed by atoms with E-state index in [1.807, 2.05) is 0 Å². The summed E-state index contributed by atoms with van der Waals surface area (Å²) in [5, 5.41) is 9.11. The first-order valence-corrected chi connectivity index (χ1v) is 5.96. The quantitative estimate of drug-likeness (QED) is 0.609. The zero-order valence-corrected chi connectivity index (χ0v) is 10.6. The van der Waals surface area contributed by atoms with Crippen LogP contribution in [0.4, 0.5) is 11.4 Å². The lowest BCUT2D eigenvalue weighted by atomic mass is 10.1. The van der Waals surface area contributed by atoms with Gasteiger partial charge in [0, 0.05) is 25.5 Å². The first-order valence-electron chi connectivity index (χ1n) is 5.96. The number of hydrogen-bond donors (Lipinski definition) is 2. The van der Waals surface area contributed by atoms with Crippen LogP contribution < -0.4 is 10.6 Å². The number of aliphatic hydroxyl groups excluding tert-OH is 1. The fraction of sp³-hybridized carbons (Fsp3) is 0.385. The number of nitrogen functional groups attached to an aromatic ring is 1. The van der Waals surface area contributed by atoms with E-state index in [1.165, 1.54) is 12.0 Å². The standard InChI is InChI=1S/C13H16N2O4/c1-19-13(18)9-2-3-10(14)11(5-9)15-6-8(7-16)4-12(15)17/h2-3,5,8,16H,4,6-7,14H2,1H3. The lowest BCUT2D eigenvalue weighted by Crippen LogP contribution is -2.26. The Hall–Kier alpha value is -2.08. The molecular formula is C13H16N2O4. The number of nitrogens with zero attached hydrogens (tertiary/aromatic N) is 1. The molecule has 6 heteroatoms. The normalized spacial score (nSPS) is 18.7. The van der Waals surface area contributed by atoms with Gasteiger partial charge in [-0.05, 0) is 18.2 Å². The number of carbonyl (C=O) groups excluding carboxylic acids is 2. The van der Waals surface area contributed by atoms with Crippen LogP contribution in [-0.4, -0.2) is 37.2 Å². The van der Waals surface area contributed by atoms with E-state index in [2.05, 4.69) is 4.74 Å². The van der Waals surface area contributed by atoms with E-state index >= 15 is 0 Å². The average Bonchev–Trinajstić information content (AvgIpc) is 2.79. The lowest BCUT2D eigenvalue weighted by molar-refractivity contribution is -0.117. The Morgan fingerprint density at radius 2 is 2.32 bits per heavy atom. The van der Waals surface area contributed by atoms with Crippen LogP contribution in [0, 0.1) is 5.92 Å². The van der Waals surface area contributed by atoms with Gasteiger partial charge < -0.3 is 20.5 Å². The molecule has 102 valence electrons. The van der Waals surface area contributed by atoms with Crippen LogP contribution in [0.25, 0.3) is 0 Å². The molecule has 1 heterocycles. The summed E-state index contributed by atoms with van der Waals surface area (Å²) in [6, 6.07) is 4.66. The monoisotopic (exact) mass is 264 g/mol. The van der Waals surface area contributed by atoms with Crippen molar-refractivity contribution in [1.29, 1.82) is 0 Å². The van der Waals surface area contributed by atoms with Crippen LogP contribution in [0.5, 0.6) is 0 Å². The Balaban J connectivity index is 2.34. The molecule has 6 nitrogen and oxygen atoms in total. The highest BCUT2D eigenvalue weighted by molar-refractivity contribution is 6.00. The number of nitrogens with two attached hydrogens (primary N) is 1. The Kier molecular flexibility index (Phi) is 3.71. The van der Waals surface area contributed by atoms with Crippen molar-refractivity contribution in [3.8, 4) is 0 Å². The minimum atomic E-state index is -0.480. The Labute approximate surface area is 110 Å². The molecule has 1 atom stereocenters. The molecule has 1 amide bonds. The van der Waals surface area contributed by atoms with Crippen LogP contribution in [-0.2, 0) is 9.53 Å². The third-order valence-electron chi connectivity index (χ3n) is 3.21. The summed E-state index contributed by atoms with van der Waals surface area (Å²) >= 11 is 0. The number of methoxy groups -OCH3 is 1. The second kappa shape index (κ2) is 5.27. The van der Waals surface area contributed by atoms with Crippen molar-refractivity contribution in [1.82, 2.24) is 0 Å². The summed E-state index contributed by atoms with van der Waals surface area (Å²) in [6.07, 6.45) is 0.290. The topological polar surface area (TPSA) is 92.9 Å². The molecule has 0 spiro atoms. The predicted molar refractivity (Wildman–Crippen MR) is 69.7 cm³/mol. The van der Waals surface area contributed by atoms with Gasteiger partial charge in [0.25, 0.3) is 0 Å². The largest absolute Gasteiger partial charge is 0.465 e. The summed E-state index contributed by atoms with van der Waals surface area (Å²) in [5.41, 5.74) is 7.10. The number of hydrogen-bond acceptors (Lipinski definition) is 5. The number of carbonyl (C=O) groups is 2. The van der Waals surface area contributed by atoms with E-state index in [0.29, 0.717) is 29.9 Å². The number of benzene rings is 1. The lowest BCUT2D eigenvalue weighted by Gasteiger charge is -2.19. The minimum Gasteiger partial charge on any atom is -0.465 e. The van der Waals surface area contributed by atoms with Crippen molar-refractivity contribution in [2.24, 2.45) is 5.92 Å². The zero-order valence-electron chi connectivity index (χ0n) is 10.6. The van der Waals surface area contributed by atoms with Gasteiger partial charge in [-0.25, -0.2) is 4.79 Å². The summed E-state index contributed by atoms with van der Waals surface area (Å²) < 4.78 is 4.64. The Morgan fingerprint density at radius 3 is 2.89 bits per heavy atom. The maximum Gasteiger partial charge on any atom is 0.337 e. The van der Waals surface area contributed by atoms with Crippen molar-refractivity contribution >= 4 is 23.3 Å². The molecule has 0 radical (unpaired) electrons. The van der Waals surface area contributed by atoms with Gasteiger partial charge in [-0.15, -0.1) is 0 Å². The third-order valence-corrected chi connectivity index (χ3v) is 3.21. The molecule has 19 heavy (non-hydrogen) atoms. The summed E-state index contributed by atoms with van der Waals surface area (Å²) in [6.45, 7) is 0.364. The van der Waals surface area contributed by atoms with Crippen molar-refractivity contribution in [2.75, 3.05) is 30.9 Å². The van der Waals surface area contributed by atoms with E-state index in [-0.39, 0.29) is 18.4 Å². The molecule has 0 aliphatic carbocycles. The van der Waals surface area contributed by atoms with Gasteiger partial charge >= 0.3 is 5.97 Å². The summed E-state index contributed by atoms with van der Waals surface area (Å²) in [4.78, 5) is 24.9. The number of aliphatic hydroxyl groups is 1. The molecule has 1 aromatic rings. The van der Waals surface area contributed by atoms with Gasteiger partial charge in [0.15, 0.2) is 0 Å². The first kappa shape index (κ1) is 13.4. The number of ether oxygens (including phenoxy) is 1. The minimum absolute atomic E-state index is 0.0428. The second-order valence-corrected chi connectivity index (χ2v) is 4.52. The van der Waals surface area contributed by atoms with Gasteiger partial charge in [-0.1, -0.05) is 0 Å². The number of rotatable bonds is 3. The molecule has 1 aromatic carbocycles. The molecule has 1 aliphatic rings. The summed E-state index contributed by atoms with van der Waals surface area (Å²) in [5.74, 6) is -0.673. The number of amides is 1. The Morgan fingerprint density at radius 1 is 1.58 bits per heavy atom. The molecule has 2 rings (SSSR count). The van der Waals surface area contributed by atoms with Crippen molar-refractivity contribution in [3.63, 3.8) is 0 Å². The zero-order chi connectivity index (χ0) is 14.0.